The van der Waals surface area contributed by atoms with E-state index in [-0.39, 0.29) is 17.9 Å². The first-order chi connectivity index (χ1) is 8.19. The van der Waals surface area contributed by atoms with Crippen LogP contribution >= 0.6 is 24.4 Å². The topological polar surface area (TPSA) is 58.2 Å². The van der Waals surface area contributed by atoms with E-state index in [0.29, 0.717) is 11.5 Å². The van der Waals surface area contributed by atoms with Gasteiger partial charge in [-0.25, -0.2) is 0 Å². The highest BCUT2D eigenvalue weighted by atomic mass is 32.2. The smallest absolute Gasteiger partial charge is 0.244 e. The summed E-state index contributed by atoms with van der Waals surface area (Å²) in [5.41, 5.74) is 0. The molecule has 0 aromatic carbocycles. The number of rotatable bonds is 7. The predicted molar refractivity (Wildman–Crippen MR) is 74.6 cm³/mol. The SMILES string of the molecule is CCCCCSCC1NC(=O)C(CS)NC1=O. The monoisotopic (exact) mass is 276 g/mol. The fourth-order valence-corrected chi connectivity index (χ4v) is 2.88. The Morgan fingerprint density at radius 1 is 1.18 bits per heavy atom. The summed E-state index contributed by atoms with van der Waals surface area (Å²) >= 11 is 5.74. The molecule has 1 rings (SSSR count). The lowest BCUT2D eigenvalue weighted by atomic mass is 10.2. The number of hydrogen-bond acceptors (Lipinski definition) is 4. The van der Waals surface area contributed by atoms with E-state index in [1.165, 1.54) is 19.3 Å². The molecule has 0 bridgehead atoms. The molecule has 2 unspecified atom stereocenters. The average Bonchev–Trinajstić information content (AvgIpc) is 2.32. The van der Waals surface area contributed by atoms with Crippen LogP contribution in [0.3, 0.4) is 0 Å². The molecule has 2 atom stereocenters. The summed E-state index contributed by atoms with van der Waals surface area (Å²) in [6, 6.07) is -0.863. The predicted octanol–water partition coefficient (Wildman–Crippen LogP) is 0.823. The number of piperazine rings is 1. The summed E-state index contributed by atoms with van der Waals surface area (Å²) in [6.45, 7) is 2.16. The minimum absolute atomic E-state index is 0.0911. The van der Waals surface area contributed by atoms with Crippen molar-refractivity contribution < 1.29 is 9.59 Å². The Balaban J connectivity index is 2.25. The Morgan fingerprint density at radius 3 is 2.47 bits per heavy atom. The van der Waals surface area contributed by atoms with Crippen molar-refractivity contribution in [3.8, 4) is 0 Å². The van der Waals surface area contributed by atoms with Gasteiger partial charge in [0.2, 0.25) is 11.8 Å². The molecule has 0 aliphatic carbocycles. The molecule has 0 radical (unpaired) electrons. The van der Waals surface area contributed by atoms with Crippen LogP contribution in [0, 0.1) is 0 Å². The minimum Gasteiger partial charge on any atom is -0.342 e. The average molecular weight is 276 g/mol. The van der Waals surface area contributed by atoms with E-state index in [2.05, 4.69) is 30.2 Å². The Kier molecular flexibility index (Phi) is 6.80. The number of hydrogen-bond donors (Lipinski definition) is 3. The van der Waals surface area contributed by atoms with E-state index in [1.807, 2.05) is 0 Å². The number of nitrogens with one attached hydrogen (secondary N) is 2. The standard InChI is InChI=1S/C11H20N2O2S2/c1-2-3-4-5-17-7-9-11(15)12-8(6-16)10(14)13-9/h8-9,16H,2-7H2,1H3,(H,12,15)(H,13,14). The number of thioether (sulfide) groups is 1. The Morgan fingerprint density at radius 2 is 1.82 bits per heavy atom. The first-order valence-electron chi connectivity index (χ1n) is 5.98. The molecule has 98 valence electrons. The molecule has 0 spiro atoms. The molecule has 2 amide bonds. The molecular formula is C11H20N2O2S2. The highest BCUT2D eigenvalue weighted by molar-refractivity contribution is 7.99. The molecular weight excluding hydrogens is 256 g/mol. The summed E-state index contributed by atoms with van der Waals surface area (Å²) in [5.74, 6) is 1.82. The zero-order chi connectivity index (χ0) is 12.7. The van der Waals surface area contributed by atoms with Crippen LogP contribution in [0.4, 0.5) is 0 Å². The third-order valence-electron chi connectivity index (χ3n) is 2.63. The van der Waals surface area contributed by atoms with Gasteiger partial charge in [0.05, 0.1) is 0 Å². The van der Waals surface area contributed by atoms with Gasteiger partial charge in [0.1, 0.15) is 12.1 Å². The fourth-order valence-electron chi connectivity index (χ4n) is 1.58. The van der Waals surface area contributed by atoms with Gasteiger partial charge in [-0.3, -0.25) is 9.59 Å². The second-order valence-corrected chi connectivity index (χ2v) is 5.60. The molecule has 1 aliphatic heterocycles. The van der Waals surface area contributed by atoms with Crippen molar-refractivity contribution in [1.82, 2.24) is 10.6 Å². The van der Waals surface area contributed by atoms with Gasteiger partial charge in [0, 0.05) is 11.5 Å². The highest BCUT2D eigenvalue weighted by Crippen LogP contribution is 2.10. The first kappa shape index (κ1) is 14.7. The van der Waals surface area contributed by atoms with Crippen LogP contribution < -0.4 is 10.6 Å². The van der Waals surface area contributed by atoms with E-state index in [9.17, 15) is 9.59 Å². The van der Waals surface area contributed by atoms with E-state index >= 15 is 0 Å². The van der Waals surface area contributed by atoms with Crippen LogP contribution in [-0.2, 0) is 9.59 Å². The Labute approximate surface area is 112 Å². The van der Waals surface area contributed by atoms with Crippen molar-refractivity contribution in [2.24, 2.45) is 0 Å². The van der Waals surface area contributed by atoms with Crippen molar-refractivity contribution in [2.75, 3.05) is 17.3 Å². The molecule has 0 aromatic heterocycles. The van der Waals surface area contributed by atoms with Gasteiger partial charge < -0.3 is 10.6 Å². The maximum Gasteiger partial charge on any atom is 0.244 e. The molecule has 1 heterocycles. The van der Waals surface area contributed by atoms with Gasteiger partial charge in [-0.15, -0.1) is 0 Å². The molecule has 0 aromatic rings. The van der Waals surface area contributed by atoms with Crippen LogP contribution in [0.1, 0.15) is 26.2 Å². The molecule has 2 N–H and O–H groups in total. The van der Waals surface area contributed by atoms with Gasteiger partial charge in [-0.2, -0.15) is 24.4 Å². The lowest BCUT2D eigenvalue weighted by molar-refractivity contribution is -0.135. The van der Waals surface area contributed by atoms with Gasteiger partial charge >= 0.3 is 0 Å². The van der Waals surface area contributed by atoms with Crippen LogP contribution in [0.25, 0.3) is 0 Å². The van der Waals surface area contributed by atoms with Crippen LogP contribution in [0.5, 0.6) is 0 Å². The molecule has 4 nitrogen and oxygen atoms in total. The third-order valence-corrected chi connectivity index (χ3v) is 4.14. The molecule has 0 saturated carbocycles. The summed E-state index contributed by atoms with van der Waals surface area (Å²) in [5, 5.41) is 5.41. The minimum atomic E-state index is -0.479. The van der Waals surface area contributed by atoms with Crippen molar-refractivity contribution >= 4 is 36.2 Å². The van der Waals surface area contributed by atoms with Gasteiger partial charge in [-0.05, 0) is 12.2 Å². The second-order valence-electron chi connectivity index (χ2n) is 4.09. The number of carbonyl (C=O) groups is 2. The number of unbranched alkanes of at least 4 members (excludes halogenated alkanes) is 2. The van der Waals surface area contributed by atoms with Gasteiger partial charge in [0.25, 0.3) is 0 Å². The largest absolute Gasteiger partial charge is 0.342 e. The molecule has 1 aliphatic rings. The van der Waals surface area contributed by atoms with Gasteiger partial charge in [-0.1, -0.05) is 19.8 Å². The molecule has 17 heavy (non-hydrogen) atoms. The van der Waals surface area contributed by atoms with Crippen molar-refractivity contribution in [2.45, 2.75) is 38.3 Å². The van der Waals surface area contributed by atoms with Crippen molar-refractivity contribution in [3.63, 3.8) is 0 Å². The molecule has 1 saturated heterocycles. The lowest BCUT2D eigenvalue weighted by Crippen LogP contribution is -2.63. The van der Waals surface area contributed by atoms with Gasteiger partial charge in [0.15, 0.2) is 0 Å². The van der Waals surface area contributed by atoms with Crippen molar-refractivity contribution in [3.05, 3.63) is 0 Å². The number of carbonyl (C=O) groups excluding carboxylic acids is 2. The quantitative estimate of drug-likeness (QED) is 0.477. The van der Waals surface area contributed by atoms with E-state index in [4.69, 9.17) is 0 Å². The Bertz CT molecular complexity index is 274. The molecule has 6 heteroatoms. The second kappa shape index (κ2) is 7.87. The van der Waals surface area contributed by atoms with E-state index in [0.717, 1.165) is 5.75 Å². The van der Waals surface area contributed by atoms with Crippen LogP contribution in [0.15, 0.2) is 0 Å². The van der Waals surface area contributed by atoms with Crippen molar-refractivity contribution in [1.29, 1.82) is 0 Å². The summed E-state index contributed by atoms with van der Waals surface area (Å²) in [6.07, 6.45) is 3.59. The van der Waals surface area contributed by atoms with E-state index < -0.39 is 6.04 Å². The van der Waals surface area contributed by atoms with Crippen LogP contribution in [-0.4, -0.2) is 41.2 Å². The lowest BCUT2D eigenvalue weighted by Gasteiger charge is -2.28. The maximum absolute atomic E-state index is 11.7. The summed E-state index contributed by atoms with van der Waals surface area (Å²) in [7, 11) is 0. The van der Waals surface area contributed by atoms with Crippen LogP contribution in [0.2, 0.25) is 0 Å². The highest BCUT2D eigenvalue weighted by Gasteiger charge is 2.32. The fraction of sp³-hybridized carbons (Fsp3) is 0.818. The maximum atomic E-state index is 11.7. The first-order valence-corrected chi connectivity index (χ1v) is 7.77. The summed E-state index contributed by atoms with van der Waals surface area (Å²) < 4.78 is 0. The zero-order valence-corrected chi connectivity index (χ0v) is 11.8. The Hall–Kier alpha value is -0.360. The zero-order valence-electron chi connectivity index (χ0n) is 10.1. The molecule has 1 fully saturated rings. The number of thiol groups is 1. The normalized spacial score (nSPS) is 24.4. The van der Waals surface area contributed by atoms with E-state index in [1.54, 1.807) is 11.8 Å². The summed E-state index contributed by atoms with van der Waals surface area (Å²) in [4.78, 5) is 23.2. The number of amides is 2. The third kappa shape index (κ3) is 4.79.